The summed E-state index contributed by atoms with van der Waals surface area (Å²) in [5.74, 6) is 0. The fraction of sp³-hybridized carbons (Fsp3) is 0.286. The van der Waals surface area contributed by atoms with Crippen LogP contribution in [-0.4, -0.2) is 53.5 Å². The van der Waals surface area contributed by atoms with E-state index in [4.69, 9.17) is 11.6 Å². The zero-order valence-corrected chi connectivity index (χ0v) is 27.1. The number of nitrogens with zero attached hydrogens (tertiary/aromatic N) is 6. The SMILES string of the molecule is CC(C)(C)N1CCC(n2cc([C@@H](Nc3cc(Cl)c4ncc(C#N)c(Nc5cccc6[nH]c(=O)[nH]c56)c4c3)c3ccccc3)nn2)CC1. The molecule has 7 rings (SSSR count). The highest BCUT2D eigenvalue weighted by Crippen LogP contribution is 2.37. The molecular formula is C35H35ClN10O. The zero-order chi connectivity index (χ0) is 32.7. The van der Waals surface area contributed by atoms with Crippen LogP contribution in [0.3, 0.4) is 0 Å². The number of pyridine rings is 1. The van der Waals surface area contributed by atoms with Crippen LogP contribution in [0.5, 0.6) is 0 Å². The van der Waals surface area contributed by atoms with Crippen molar-refractivity contribution in [3.63, 3.8) is 0 Å². The summed E-state index contributed by atoms with van der Waals surface area (Å²) >= 11 is 6.85. The van der Waals surface area contributed by atoms with Crippen LogP contribution in [0.4, 0.5) is 17.1 Å². The number of likely N-dealkylation sites (tertiary alicyclic amines) is 1. The molecule has 1 aliphatic rings. The minimum atomic E-state index is -0.324. The Labute approximate surface area is 276 Å². The second-order valence-electron chi connectivity index (χ2n) is 12.9. The maximum atomic E-state index is 12.1. The van der Waals surface area contributed by atoms with Crippen molar-refractivity contribution < 1.29 is 0 Å². The van der Waals surface area contributed by atoms with Crippen molar-refractivity contribution in [1.29, 1.82) is 5.26 Å². The van der Waals surface area contributed by atoms with Crippen LogP contribution in [0.2, 0.25) is 5.02 Å². The van der Waals surface area contributed by atoms with Crippen molar-refractivity contribution >= 4 is 50.6 Å². The lowest BCUT2D eigenvalue weighted by molar-refractivity contribution is 0.0866. The molecule has 238 valence electrons. The van der Waals surface area contributed by atoms with Crippen LogP contribution < -0.4 is 16.3 Å². The summed E-state index contributed by atoms with van der Waals surface area (Å²) in [7, 11) is 0. The highest BCUT2D eigenvalue weighted by atomic mass is 35.5. The number of rotatable bonds is 7. The molecule has 0 unspecified atom stereocenters. The molecule has 3 aromatic carbocycles. The molecule has 3 aromatic heterocycles. The molecule has 0 spiro atoms. The van der Waals surface area contributed by atoms with Crippen LogP contribution in [-0.2, 0) is 0 Å². The number of piperidine rings is 1. The lowest BCUT2D eigenvalue weighted by Gasteiger charge is -2.40. The second-order valence-corrected chi connectivity index (χ2v) is 13.4. The molecule has 0 saturated carbocycles. The van der Waals surface area contributed by atoms with Gasteiger partial charge in [-0.3, -0.25) is 9.88 Å². The van der Waals surface area contributed by atoms with E-state index in [1.165, 1.54) is 6.20 Å². The third-order valence-corrected chi connectivity index (χ3v) is 9.20. The molecule has 6 aromatic rings. The molecule has 1 saturated heterocycles. The van der Waals surface area contributed by atoms with Gasteiger partial charge >= 0.3 is 5.69 Å². The Morgan fingerprint density at radius 1 is 1.06 bits per heavy atom. The molecule has 47 heavy (non-hydrogen) atoms. The minimum absolute atomic E-state index is 0.148. The van der Waals surface area contributed by atoms with Gasteiger partial charge in [0.2, 0.25) is 0 Å². The number of imidazole rings is 1. The number of benzene rings is 3. The average molecular weight is 647 g/mol. The maximum absolute atomic E-state index is 12.1. The lowest BCUT2D eigenvalue weighted by atomic mass is 9.98. The molecular weight excluding hydrogens is 612 g/mol. The van der Waals surface area contributed by atoms with E-state index < -0.39 is 0 Å². The molecule has 11 nitrogen and oxygen atoms in total. The first-order valence-corrected chi connectivity index (χ1v) is 16.0. The topological polar surface area (TPSA) is 143 Å². The number of nitrogens with one attached hydrogen (secondary N) is 4. The fourth-order valence-corrected chi connectivity index (χ4v) is 6.67. The van der Waals surface area contributed by atoms with Gasteiger partial charge < -0.3 is 20.6 Å². The van der Waals surface area contributed by atoms with Crippen LogP contribution >= 0.6 is 11.6 Å². The minimum Gasteiger partial charge on any atom is -0.373 e. The fourth-order valence-electron chi connectivity index (χ4n) is 6.40. The van der Waals surface area contributed by atoms with Gasteiger partial charge in [0.25, 0.3) is 0 Å². The van der Waals surface area contributed by atoms with Crippen molar-refractivity contribution in [3.8, 4) is 6.07 Å². The molecule has 12 heteroatoms. The molecule has 1 aliphatic heterocycles. The summed E-state index contributed by atoms with van der Waals surface area (Å²) in [6, 6.07) is 21.5. The number of para-hydroxylation sites is 1. The van der Waals surface area contributed by atoms with Gasteiger partial charge in [0.05, 0.1) is 56.8 Å². The first-order valence-electron chi connectivity index (χ1n) is 15.7. The monoisotopic (exact) mass is 646 g/mol. The summed E-state index contributed by atoms with van der Waals surface area (Å²) < 4.78 is 2.01. The normalized spacial score (nSPS) is 15.1. The Bertz CT molecular complexity index is 2160. The number of halogens is 1. The largest absolute Gasteiger partial charge is 0.373 e. The van der Waals surface area contributed by atoms with Crippen molar-refractivity contribution in [2.45, 2.75) is 51.2 Å². The number of aromatic nitrogens is 6. The Hall–Kier alpha value is -5.18. The molecule has 4 N–H and O–H groups in total. The van der Waals surface area contributed by atoms with Gasteiger partial charge in [-0.1, -0.05) is 53.2 Å². The first-order chi connectivity index (χ1) is 22.7. The Balaban J connectivity index is 1.25. The molecule has 1 atom stereocenters. The van der Waals surface area contributed by atoms with E-state index in [1.54, 1.807) is 0 Å². The molecule has 0 radical (unpaired) electrons. The highest BCUT2D eigenvalue weighted by molar-refractivity contribution is 6.36. The van der Waals surface area contributed by atoms with E-state index in [1.807, 2.05) is 59.4 Å². The second kappa shape index (κ2) is 12.2. The number of aromatic amines is 2. The number of H-pyrrole nitrogens is 2. The average Bonchev–Trinajstić information content (AvgIpc) is 3.71. The van der Waals surface area contributed by atoms with Gasteiger partial charge in [-0.15, -0.1) is 5.10 Å². The van der Waals surface area contributed by atoms with Crippen molar-refractivity contribution in [3.05, 3.63) is 105 Å². The smallest absolute Gasteiger partial charge is 0.323 e. The molecule has 0 amide bonds. The van der Waals surface area contributed by atoms with Gasteiger partial charge in [0.15, 0.2) is 0 Å². The number of hydrogen-bond acceptors (Lipinski definition) is 8. The number of hydrogen-bond donors (Lipinski definition) is 4. The number of nitriles is 1. The third kappa shape index (κ3) is 6.05. The van der Waals surface area contributed by atoms with E-state index in [9.17, 15) is 10.1 Å². The zero-order valence-electron chi connectivity index (χ0n) is 26.4. The van der Waals surface area contributed by atoms with Gasteiger partial charge in [-0.2, -0.15) is 5.26 Å². The summed E-state index contributed by atoms with van der Waals surface area (Å²) in [5, 5.41) is 27.4. The van der Waals surface area contributed by atoms with Crippen molar-refractivity contribution in [2.24, 2.45) is 0 Å². The van der Waals surface area contributed by atoms with Gasteiger partial charge in [-0.25, -0.2) is 9.48 Å². The summed E-state index contributed by atoms with van der Waals surface area (Å²) in [6.07, 6.45) is 5.57. The first kappa shape index (κ1) is 30.5. The summed E-state index contributed by atoms with van der Waals surface area (Å²) in [5.41, 5.74) is 5.64. The van der Waals surface area contributed by atoms with E-state index in [2.05, 4.69) is 79.8 Å². The molecule has 1 fully saturated rings. The molecule has 0 aliphatic carbocycles. The quantitative estimate of drug-likeness (QED) is 0.147. The predicted molar refractivity (Wildman–Crippen MR) is 185 cm³/mol. The Morgan fingerprint density at radius 3 is 2.60 bits per heavy atom. The summed E-state index contributed by atoms with van der Waals surface area (Å²) in [6.45, 7) is 8.82. The van der Waals surface area contributed by atoms with Gasteiger partial charge in [0, 0.05) is 35.9 Å². The van der Waals surface area contributed by atoms with Crippen LogP contribution in [0.15, 0.2) is 77.9 Å². The van der Waals surface area contributed by atoms with Crippen molar-refractivity contribution in [2.75, 3.05) is 23.7 Å². The highest BCUT2D eigenvalue weighted by Gasteiger charge is 2.29. The Morgan fingerprint density at radius 2 is 1.85 bits per heavy atom. The van der Waals surface area contributed by atoms with Crippen LogP contribution in [0, 0.1) is 11.3 Å². The standard InChI is InChI=1S/C35H35ClN10O/c1-35(2,3)45-14-12-24(13-15-45)46-20-29(43-44-46)31(21-8-5-4-6-9-21)39-23-16-25-30(22(18-37)19-38-32(25)26(36)17-23)40-27-10-7-11-28-33(27)42-34(47)41-28/h4-11,16-17,19-20,24,31,39H,12-15H2,1-3H3,(H,38,40)(H2,41,42,47)/t31-/m0/s1. The third-order valence-electron chi connectivity index (χ3n) is 8.91. The lowest BCUT2D eigenvalue weighted by Crippen LogP contribution is -2.46. The van der Waals surface area contributed by atoms with Crippen LogP contribution in [0.1, 0.15) is 62.5 Å². The summed E-state index contributed by atoms with van der Waals surface area (Å²) in [4.78, 5) is 24.7. The number of fused-ring (bicyclic) bond motifs is 2. The van der Waals surface area contributed by atoms with E-state index in [-0.39, 0.29) is 23.3 Å². The maximum Gasteiger partial charge on any atom is 0.323 e. The van der Waals surface area contributed by atoms with Gasteiger partial charge in [0.1, 0.15) is 11.8 Å². The van der Waals surface area contributed by atoms with E-state index in [0.29, 0.717) is 43.9 Å². The molecule has 4 heterocycles. The van der Waals surface area contributed by atoms with E-state index >= 15 is 0 Å². The molecule has 0 bridgehead atoms. The predicted octanol–water partition coefficient (Wildman–Crippen LogP) is 6.90. The number of anilines is 3. The van der Waals surface area contributed by atoms with Crippen LogP contribution in [0.25, 0.3) is 21.9 Å². The Kier molecular flexibility index (Phi) is 7.91. The van der Waals surface area contributed by atoms with E-state index in [0.717, 1.165) is 42.9 Å². The van der Waals surface area contributed by atoms with Crippen molar-refractivity contribution in [1.82, 2.24) is 34.8 Å². The van der Waals surface area contributed by atoms with Gasteiger partial charge in [-0.05, 0) is 63.4 Å².